The number of benzene rings is 1. The lowest BCUT2D eigenvalue weighted by atomic mass is 10.1. The molecule has 0 aliphatic rings. The molecule has 0 radical (unpaired) electrons. The third kappa shape index (κ3) is 3.09. The number of hydrogen-bond acceptors (Lipinski definition) is 2. The van der Waals surface area contributed by atoms with E-state index in [1.165, 1.54) is 0 Å². The lowest BCUT2D eigenvalue weighted by Gasteiger charge is -2.03. The predicted octanol–water partition coefficient (Wildman–Crippen LogP) is 1.37. The van der Waals surface area contributed by atoms with Crippen molar-refractivity contribution in [2.45, 2.75) is 13.3 Å². The number of rotatable bonds is 4. The molecule has 3 heteroatoms. The summed E-state index contributed by atoms with van der Waals surface area (Å²) in [5, 5.41) is 2.75. The summed E-state index contributed by atoms with van der Waals surface area (Å²) < 4.78 is 5.02. The van der Waals surface area contributed by atoms with Crippen molar-refractivity contribution in [3.8, 4) is 5.75 Å². The Morgan fingerprint density at radius 2 is 2.00 bits per heavy atom. The fourth-order valence-corrected chi connectivity index (χ4v) is 1.19. The van der Waals surface area contributed by atoms with Gasteiger partial charge >= 0.3 is 0 Å². The second-order valence-corrected chi connectivity index (χ2v) is 2.98. The van der Waals surface area contributed by atoms with Gasteiger partial charge in [0.05, 0.1) is 13.5 Å². The van der Waals surface area contributed by atoms with Crippen molar-refractivity contribution in [3.05, 3.63) is 29.8 Å². The maximum atomic E-state index is 11.2. The molecular formula is C11H15NO2. The number of nitrogens with one attached hydrogen (secondary N) is 1. The molecular weight excluding hydrogens is 178 g/mol. The van der Waals surface area contributed by atoms with E-state index in [2.05, 4.69) is 5.32 Å². The third-order valence-electron chi connectivity index (χ3n) is 1.90. The van der Waals surface area contributed by atoms with Gasteiger partial charge in [-0.05, 0) is 24.6 Å². The molecule has 1 amide bonds. The minimum absolute atomic E-state index is 0.0534. The van der Waals surface area contributed by atoms with Crippen LogP contribution in [0.1, 0.15) is 12.5 Å². The van der Waals surface area contributed by atoms with Crippen LogP contribution in [0.5, 0.6) is 5.75 Å². The first-order chi connectivity index (χ1) is 6.76. The van der Waals surface area contributed by atoms with Gasteiger partial charge in [-0.3, -0.25) is 4.79 Å². The van der Waals surface area contributed by atoms with E-state index in [-0.39, 0.29) is 5.91 Å². The molecule has 1 aromatic carbocycles. The Hall–Kier alpha value is -1.51. The fourth-order valence-electron chi connectivity index (χ4n) is 1.19. The molecule has 3 nitrogen and oxygen atoms in total. The van der Waals surface area contributed by atoms with Crippen molar-refractivity contribution in [2.24, 2.45) is 0 Å². The number of amides is 1. The van der Waals surface area contributed by atoms with Crippen LogP contribution >= 0.6 is 0 Å². The van der Waals surface area contributed by atoms with Crippen LogP contribution in [0.4, 0.5) is 0 Å². The van der Waals surface area contributed by atoms with Gasteiger partial charge in [0.2, 0.25) is 5.91 Å². The Bertz CT molecular complexity index is 293. The monoisotopic (exact) mass is 193 g/mol. The van der Waals surface area contributed by atoms with Gasteiger partial charge in [0.1, 0.15) is 5.75 Å². The highest BCUT2D eigenvalue weighted by atomic mass is 16.5. The maximum absolute atomic E-state index is 11.2. The van der Waals surface area contributed by atoms with Gasteiger partial charge in [-0.2, -0.15) is 0 Å². The van der Waals surface area contributed by atoms with Crippen LogP contribution in [0, 0.1) is 0 Å². The molecule has 0 saturated carbocycles. The van der Waals surface area contributed by atoms with Crippen LogP contribution in [-0.2, 0) is 11.2 Å². The average molecular weight is 193 g/mol. The lowest BCUT2D eigenvalue weighted by molar-refractivity contribution is -0.120. The van der Waals surface area contributed by atoms with E-state index < -0.39 is 0 Å². The van der Waals surface area contributed by atoms with Crippen molar-refractivity contribution in [1.82, 2.24) is 5.32 Å². The Labute approximate surface area is 84.1 Å². The van der Waals surface area contributed by atoms with E-state index in [1.54, 1.807) is 7.11 Å². The average Bonchev–Trinajstić information content (AvgIpc) is 2.19. The second kappa shape index (κ2) is 5.27. The summed E-state index contributed by atoms with van der Waals surface area (Å²) >= 11 is 0. The van der Waals surface area contributed by atoms with Gasteiger partial charge in [-0.1, -0.05) is 12.1 Å². The Kier molecular flexibility index (Phi) is 3.98. The lowest BCUT2D eigenvalue weighted by Crippen LogP contribution is -2.24. The molecule has 1 N–H and O–H groups in total. The van der Waals surface area contributed by atoms with Crippen LogP contribution in [-0.4, -0.2) is 19.6 Å². The number of hydrogen-bond donors (Lipinski definition) is 1. The van der Waals surface area contributed by atoms with E-state index in [0.717, 1.165) is 11.3 Å². The highest BCUT2D eigenvalue weighted by molar-refractivity contribution is 5.78. The Morgan fingerprint density at radius 1 is 1.36 bits per heavy atom. The number of likely N-dealkylation sites (N-methyl/N-ethyl adjacent to an activating group) is 1. The second-order valence-electron chi connectivity index (χ2n) is 2.98. The first-order valence-electron chi connectivity index (χ1n) is 4.66. The molecule has 0 aromatic heterocycles. The normalized spacial score (nSPS) is 9.57. The highest BCUT2D eigenvalue weighted by Crippen LogP contribution is 2.11. The van der Waals surface area contributed by atoms with Crippen LogP contribution < -0.4 is 10.1 Å². The predicted molar refractivity (Wildman–Crippen MR) is 55.4 cm³/mol. The third-order valence-corrected chi connectivity index (χ3v) is 1.90. The Balaban J connectivity index is 2.55. The summed E-state index contributed by atoms with van der Waals surface area (Å²) in [6, 6.07) is 7.51. The van der Waals surface area contributed by atoms with Gasteiger partial charge in [0, 0.05) is 6.54 Å². The molecule has 0 heterocycles. The summed E-state index contributed by atoms with van der Waals surface area (Å²) in [6.45, 7) is 2.58. The first kappa shape index (κ1) is 10.6. The number of carbonyl (C=O) groups is 1. The summed E-state index contributed by atoms with van der Waals surface area (Å²) in [4.78, 5) is 11.2. The van der Waals surface area contributed by atoms with Crippen molar-refractivity contribution >= 4 is 5.91 Å². The van der Waals surface area contributed by atoms with Crippen LogP contribution in [0.3, 0.4) is 0 Å². The molecule has 0 aliphatic carbocycles. The number of ether oxygens (including phenoxy) is 1. The van der Waals surface area contributed by atoms with E-state index >= 15 is 0 Å². The minimum Gasteiger partial charge on any atom is -0.497 e. The molecule has 0 aliphatic heterocycles. The summed E-state index contributed by atoms with van der Waals surface area (Å²) in [5.74, 6) is 0.863. The SMILES string of the molecule is CCNC(=O)Cc1ccc(OC)cc1. The summed E-state index contributed by atoms with van der Waals surface area (Å²) in [5.41, 5.74) is 0.997. The van der Waals surface area contributed by atoms with Crippen molar-refractivity contribution in [1.29, 1.82) is 0 Å². The molecule has 0 fully saturated rings. The maximum Gasteiger partial charge on any atom is 0.224 e. The molecule has 1 aromatic rings. The zero-order valence-electron chi connectivity index (χ0n) is 8.54. The van der Waals surface area contributed by atoms with Crippen molar-refractivity contribution in [3.63, 3.8) is 0 Å². The number of methoxy groups -OCH3 is 1. The topological polar surface area (TPSA) is 38.3 Å². The quantitative estimate of drug-likeness (QED) is 0.784. The molecule has 0 spiro atoms. The molecule has 0 unspecified atom stereocenters. The van der Waals surface area contributed by atoms with Gasteiger partial charge in [-0.15, -0.1) is 0 Å². The zero-order chi connectivity index (χ0) is 10.4. The van der Waals surface area contributed by atoms with Crippen molar-refractivity contribution in [2.75, 3.05) is 13.7 Å². The summed E-state index contributed by atoms with van der Waals surface area (Å²) in [7, 11) is 1.62. The molecule has 0 saturated heterocycles. The van der Waals surface area contributed by atoms with Crippen LogP contribution in [0.15, 0.2) is 24.3 Å². The van der Waals surface area contributed by atoms with E-state index in [9.17, 15) is 4.79 Å². The van der Waals surface area contributed by atoms with E-state index in [1.807, 2.05) is 31.2 Å². The standard InChI is InChI=1S/C11H15NO2/c1-3-12-11(13)8-9-4-6-10(14-2)7-5-9/h4-7H,3,8H2,1-2H3,(H,12,13). The van der Waals surface area contributed by atoms with Gasteiger partial charge in [0.15, 0.2) is 0 Å². The smallest absolute Gasteiger partial charge is 0.224 e. The van der Waals surface area contributed by atoms with E-state index in [4.69, 9.17) is 4.74 Å². The largest absolute Gasteiger partial charge is 0.497 e. The molecule has 14 heavy (non-hydrogen) atoms. The van der Waals surface area contributed by atoms with Gasteiger partial charge < -0.3 is 10.1 Å². The van der Waals surface area contributed by atoms with Crippen LogP contribution in [0.25, 0.3) is 0 Å². The molecule has 1 rings (SSSR count). The number of carbonyl (C=O) groups excluding carboxylic acids is 1. The fraction of sp³-hybridized carbons (Fsp3) is 0.364. The van der Waals surface area contributed by atoms with Gasteiger partial charge in [-0.25, -0.2) is 0 Å². The highest BCUT2D eigenvalue weighted by Gasteiger charge is 2.01. The van der Waals surface area contributed by atoms with Crippen LogP contribution in [0.2, 0.25) is 0 Å². The Morgan fingerprint density at radius 3 is 2.50 bits per heavy atom. The molecule has 0 atom stereocenters. The zero-order valence-corrected chi connectivity index (χ0v) is 8.54. The first-order valence-corrected chi connectivity index (χ1v) is 4.66. The molecule has 76 valence electrons. The molecule has 0 bridgehead atoms. The van der Waals surface area contributed by atoms with Gasteiger partial charge in [0.25, 0.3) is 0 Å². The van der Waals surface area contributed by atoms with E-state index in [0.29, 0.717) is 13.0 Å². The minimum atomic E-state index is 0.0534. The summed E-state index contributed by atoms with van der Waals surface area (Å²) in [6.07, 6.45) is 0.428. The van der Waals surface area contributed by atoms with Crippen molar-refractivity contribution < 1.29 is 9.53 Å².